The molecule has 1 amide bonds. The van der Waals surface area contributed by atoms with E-state index in [4.69, 9.17) is 4.74 Å². The normalized spacial score (nSPS) is 16.8. The second-order valence-corrected chi connectivity index (χ2v) is 5.18. The molecule has 2 N–H and O–H groups in total. The number of likely N-dealkylation sites (N-methyl/N-ethyl adjacent to an activating group) is 1. The summed E-state index contributed by atoms with van der Waals surface area (Å²) in [7, 11) is 3.54. The van der Waals surface area contributed by atoms with Gasteiger partial charge in [0.15, 0.2) is 0 Å². The number of amides is 1. The molecule has 1 unspecified atom stereocenters. The molecule has 1 fully saturated rings. The van der Waals surface area contributed by atoms with Crippen LogP contribution in [0.3, 0.4) is 0 Å². The van der Waals surface area contributed by atoms with Gasteiger partial charge in [-0.25, -0.2) is 0 Å². The Bertz CT molecular complexity index is 461. The van der Waals surface area contributed by atoms with Crippen molar-refractivity contribution in [1.82, 2.24) is 10.6 Å². The topological polar surface area (TPSA) is 50.4 Å². The van der Waals surface area contributed by atoms with E-state index in [1.54, 1.807) is 7.11 Å². The van der Waals surface area contributed by atoms with Crippen molar-refractivity contribution in [3.63, 3.8) is 0 Å². The molecule has 4 nitrogen and oxygen atoms in total. The van der Waals surface area contributed by atoms with Gasteiger partial charge >= 0.3 is 0 Å². The molecule has 2 rings (SSSR count). The highest BCUT2D eigenvalue weighted by atomic mass is 35.5. The van der Waals surface area contributed by atoms with Gasteiger partial charge in [0.05, 0.1) is 12.5 Å². The van der Waals surface area contributed by atoms with Crippen molar-refractivity contribution in [1.29, 1.82) is 0 Å². The van der Waals surface area contributed by atoms with Crippen molar-refractivity contribution in [3.05, 3.63) is 29.8 Å². The lowest BCUT2D eigenvalue weighted by atomic mass is 9.94. The summed E-state index contributed by atoms with van der Waals surface area (Å²) in [4.78, 5) is 12.4. The number of halogens is 1. The van der Waals surface area contributed by atoms with Gasteiger partial charge in [-0.2, -0.15) is 0 Å². The quantitative estimate of drug-likeness (QED) is 0.843. The van der Waals surface area contributed by atoms with Gasteiger partial charge in [-0.1, -0.05) is 18.2 Å². The van der Waals surface area contributed by atoms with Crippen LogP contribution in [0.2, 0.25) is 0 Å². The van der Waals surface area contributed by atoms with Crippen LogP contribution in [0, 0.1) is 0 Å². The highest BCUT2D eigenvalue weighted by Crippen LogP contribution is 2.51. The van der Waals surface area contributed by atoms with Crippen molar-refractivity contribution in [3.8, 4) is 5.75 Å². The lowest BCUT2D eigenvalue weighted by Crippen LogP contribution is -2.42. The van der Waals surface area contributed by atoms with Crippen LogP contribution in [0.4, 0.5) is 0 Å². The molecule has 1 aliphatic rings. The predicted molar refractivity (Wildman–Crippen MR) is 82.7 cm³/mol. The van der Waals surface area contributed by atoms with E-state index in [9.17, 15) is 4.79 Å². The number of para-hydroxylation sites is 1. The van der Waals surface area contributed by atoms with Gasteiger partial charge in [0.1, 0.15) is 5.75 Å². The number of hydrogen-bond acceptors (Lipinski definition) is 3. The van der Waals surface area contributed by atoms with Gasteiger partial charge in [-0.3, -0.25) is 4.79 Å². The minimum Gasteiger partial charge on any atom is -0.496 e. The maximum Gasteiger partial charge on any atom is 0.230 e. The molecule has 5 heteroatoms. The van der Waals surface area contributed by atoms with Gasteiger partial charge in [-0.05, 0) is 32.9 Å². The van der Waals surface area contributed by atoms with Crippen molar-refractivity contribution in [2.24, 2.45) is 0 Å². The molecule has 0 aliphatic heterocycles. The zero-order valence-electron chi connectivity index (χ0n) is 12.2. The molecule has 0 bridgehead atoms. The Morgan fingerprint density at radius 2 is 2.05 bits per heavy atom. The van der Waals surface area contributed by atoms with Gasteiger partial charge < -0.3 is 15.4 Å². The van der Waals surface area contributed by atoms with Crippen LogP contribution in [-0.2, 0) is 10.2 Å². The summed E-state index contributed by atoms with van der Waals surface area (Å²) in [5.41, 5.74) is 0.632. The minimum atomic E-state index is -0.375. The maximum atomic E-state index is 12.4. The van der Waals surface area contributed by atoms with Crippen molar-refractivity contribution in [2.45, 2.75) is 31.2 Å². The van der Waals surface area contributed by atoms with E-state index >= 15 is 0 Å². The average Bonchev–Trinajstić information content (AvgIpc) is 3.25. The fraction of sp³-hybridized carbons (Fsp3) is 0.533. The lowest BCUT2D eigenvalue weighted by Gasteiger charge is -2.20. The molecule has 0 heterocycles. The summed E-state index contributed by atoms with van der Waals surface area (Å²) in [6.45, 7) is 2.69. The number of carbonyl (C=O) groups is 1. The number of benzene rings is 1. The zero-order valence-corrected chi connectivity index (χ0v) is 13.0. The Morgan fingerprint density at radius 1 is 1.40 bits per heavy atom. The number of methoxy groups -OCH3 is 1. The van der Waals surface area contributed by atoms with Crippen molar-refractivity contribution >= 4 is 18.3 Å². The Morgan fingerprint density at radius 3 is 2.60 bits per heavy atom. The highest BCUT2D eigenvalue weighted by Gasteiger charge is 2.52. The minimum absolute atomic E-state index is 0. The second-order valence-electron chi connectivity index (χ2n) is 5.18. The number of nitrogens with one attached hydrogen (secondary N) is 2. The first-order valence-electron chi connectivity index (χ1n) is 6.73. The maximum absolute atomic E-state index is 12.4. The molecule has 20 heavy (non-hydrogen) atoms. The summed E-state index contributed by atoms with van der Waals surface area (Å²) < 4.78 is 5.38. The first kappa shape index (κ1) is 16.8. The van der Waals surface area contributed by atoms with Crippen molar-refractivity contribution in [2.75, 3.05) is 20.7 Å². The molecule has 1 aromatic carbocycles. The van der Waals surface area contributed by atoms with E-state index in [1.165, 1.54) is 0 Å². The molecule has 1 aliphatic carbocycles. The van der Waals surface area contributed by atoms with Crippen LogP contribution in [0.15, 0.2) is 24.3 Å². The van der Waals surface area contributed by atoms with Crippen LogP contribution >= 0.6 is 12.4 Å². The van der Waals surface area contributed by atoms with Gasteiger partial charge in [0, 0.05) is 18.2 Å². The third kappa shape index (κ3) is 3.25. The summed E-state index contributed by atoms with van der Waals surface area (Å²) in [5, 5.41) is 6.14. The Kier molecular flexibility index (Phi) is 5.84. The van der Waals surface area contributed by atoms with Crippen LogP contribution in [0.1, 0.15) is 25.3 Å². The molecule has 0 spiro atoms. The standard InChI is InChI=1S/C15H22N2O2.ClH/c1-11(16-2)10-17-14(18)15(8-9-15)12-6-4-5-7-13(12)19-3;/h4-7,11,16H,8-10H2,1-3H3,(H,17,18);1H. The van der Waals surface area contributed by atoms with Gasteiger partial charge in [0.25, 0.3) is 0 Å². The summed E-state index contributed by atoms with van der Waals surface area (Å²) in [6.07, 6.45) is 1.79. The molecule has 1 saturated carbocycles. The predicted octanol–water partition coefficient (Wildman–Crippen LogP) is 1.87. The van der Waals surface area contributed by atoms with E-state index in [0.717, 1.165) is 24.2 Å². The molecule has 0 saturated heterocycles. The Labute approximate surface area is 126 Å². The smallest absolute Gasteiger partial charge is 0.230 e. The third-order valence-electron chi connectivity index (χ3n) is 3.87. The van der Waals surface area contributed by atoms with Gasteiger partial charge in [0.2, 0.25) is 5.91 Å². The SMILES string of the molecule is CNC(C)CNC(=O)C1(c2ccccc2OC)CC1.Cl. The summed E-state index contributed by atoms with van der Waals surface area (Å²) in [5.74, 6) is 0.913. The van der Waals surface area contributed by atoms with Crippen LogP contribution < -0.4 is 15.4 Å². The van der Waals surface area contributed by atoms with Crippen LogP contribution in [0.5, 0.6) is 5.75 Å². The van der Waals surface area contributed by atoms with Crippen LogP contribution in [-0.4, -0.2) is 32.7 Å². The molecule has 1 atom stereocenters. The molecule has 0 radical (unpaired) electrons. The summed E-state index contributed by atoms with van der Waals surface area (Å²) in [6, 6.07) is 8.07. The zero-order chi connectivity index (χ0) is 13.9. The highest BCUT2D eigenvalue weighted by molar-refractivity contribution is 5.92. The first-order chi connectivity index (χ1) is 9.14. The van der Waals surface area contributed by atoms with E-state index in [1.807, 2.05) is 38.2 Å². The fourth-order valence-electron chi connectivity index (χ4n) is 2.30. The number of ether oxygens (including phenoxy) is 1. The number of hydrogen-bond donors (Lipinski definition) is 2. The van der Waals surface area contributed by atoms with E-state index < -0.39 is 0 Å². The second kappa shape index (κ2) is 6.95. The van der Waals surface area contributed by atoms with Gasteiger partial charge in [-0.15, -0.1) is 12.4 Å². The molecular formula is C15H23ClN2O2. The lowest BCUT2D eigenvalue weighted by molar-refractivity contribution is -0.123. The number of carbonyl (C=O) groups excluding carboxylic acids is 1. The van der Waals surface area contributed by atoms with Crippen LogP contribution in [0.25, 0.3) is 0 Å². The first-order valence-corrected chi connectivity index (χ1v) is 6.73. The number of rotatable bonds is 6. The Hall–Kier alpha value is -1.26. The molecule has 1 aromatic rings. The molecular weight excluding hydrogens is 276 g/mol. The van der Waals surface area contributed by atoms with E-state index in [-0.39, 0.29) is 29.8 Å². The fourth-order valence-corrected chi connectivity index (χ4v) is 2.30. The average molecular weight is 299 g/mol. The Balaban J connectivity index is 0.00000200. The third-order valence-corrected chi connectivity index (χ3v) is 3.87. The molecule has 112 valence electrons. The van der Waals surface area contributed by atoms with Crippen molar-refractivity contribution < 1.29 is 9.53 Å². The van der Waals surface area contributed by atoms with E-state index in [0.29, 0.717) is 6.54 Å². The largest absolute Gasteiger partial charge is 0.496 e. The molecule has 0 aromatic heterocycles. The monoisotopic (exact) mass is 298 g/mol. The van der Waals surface area contributed by atoms with E-state index in [2.05, 4.69) is 10.6 Å². The summed E-state index contributed by atoms with van der Waals surface area (Å²) >= 11 is 0.